The van der Waals surface area contributed by atoms with Crippen LogP contribution in [0.1, 0.15) is 37.4 Å². The summed E-state index contributed by atoms with van der Waals surface area (Å²) in [5.74, 6) is 0.709. The second kappa shape index (κ2) is 5.83. The summed E-state index contributed by atoms with van der Waals surface area (Å²) in [5, 5.41) is 3.32. The molecular formula is C14H25NS. The Morgan fingerprint density at radius 2 is 1.88 bits per heavy atom. The number of thiophene rings is 1. The van der Waals surface area contributed by atoms with Gasteiger partial charge in [0.05, 0.1) is 0 Å². The van der Waals surface area contributed by atoms with Gasteiger partial charge in [-0.15, -0.1) is 11.3 Å². The molecule has 1 aromatic rings. The molecule has 0 fully saturated rings. The zero-order valence-corrected chi connectivity index (χ0v) is 12.1. The molecule has 0 spiro atoms. The second-order valence-corrected chi connectivity index (χ2v) is 6.80. The highest BCUT2D eigenvalue weighted by molar-refractivity contribution is 7.11. The van der Waals surface area contributed by atoms with E-state index < -0.39 is 0 Å². The predicted molar refractivity (Wildman–Crippen MR) is 74.3 cm³/mol. The van der Waals surface area contributed by atoms with E-state index >= 15 is 0 Å². The summed E-state index contributed by atoms with van der Waals surface area (Å²) in [6.45, 7) is 10.3. The van der Waals surface area contributed by atoms with Crippen LogP contribution in [0, 0.1) is 11.3 Å². The van der Waals surface area contributed by atoms with Crippen LogP contribution in [0.15, 0.2) is 12.1 Å². The van der Waals surface area contributed by atoms with Gasteiger partial charge in [0.25, 0.3) is 0 Å². The highest BCUT2D eigenvalue weighted by Crippen LogP contribution is 2.30. The van der Waals surface area contributed by atoms with E-state index in [2.05, 4.69) is 45.1 Å². The lowest BCUT2D eigenvalue weighted by Gasteiger charge is -2.30. The monoisotopic (exact) mass is 239 g/mol. The van der Waals surface area contributed by atoms with Crippen molar-refractivity contribution in [3.05, 3.63) is 21.9 Å². The molecule has 0 aliphatic carbocycles. The summed E-state index contributed by atoms with van der Waals surface area (Å²) >= 11 is 1.98. The van der Waals surface area contributed by atoms with Gasteiger partial charge in [0.1, 0.15) is 0 Å². The zero-order chi connectivity index (χ0) is 12.2. The molecule has 1 atom stereocenters. The minimum atomic E-state index is 0.374. The van der Waals surface area contributed by atoms with Crippen LogP contribution in [0.5, 0.6) is 0 Å². The molecule has 1 rings (SSSR count). The maximum absolute atomic E-state index is 3.32. The molecule has 0 aliphatic heterocycles. The summed E-state index contributed by atoms with van der Waals surface area (Å²) in [6.07, 6.45) is 2.37. The van der Waals surface area contributed by atoms with Gasteiger partial charge in [0.2, 0.25) is 0 Å². The third kappa shape index (κ3) is 3.91. The van der Waals surface area contributed by atoms with Crippen molar-refractivity contribution >= 4 is 11.3 Å². The molecule has 1 heterocycles. The van der Waals surface area contributed by atoms with Gasteiger partial charge >= 0.3 is 0 Å². The third-order valence-corrected chi connectivity index (χ3v) is 4.44. The fraction of sp³-hybridized carbons (Fsp3) is 0.714. The fourth-order valence-electron chi connectivity index (χ4n) is 1.90. The maximum atomic E-state index is 3.32. The van der Waals surface area contributed by atoms with Crippen molar-refractivity contribution in [2.24, 2.45) is 11.3 Å². The first-order chi connectivity index (χ1) is 7.47. The summed E-state index contributed by atoms with van der Waals surface area (Å²) in [7, 11) is 2.05. The van der Waals surface area contributed by atoms with Crippen molar-refractivity contribution in [2.45, 2.75) is 40.5 Å². The molecule has 2 heteroatoms. The Morgan fingerprint density at radius 1 is 1.25 bits per heavy atom. The molecule has 0 amide bonds. The van der Waals surface area contributed by atoms with E-state index in [9.17, 15) is 0 Å². The smallest absolute Gasteiger partial charge is 0.00516 e. The maximum Gasteiger partial charge on any atom is 0.00516 e. The summed E-state index contributed by atoms with van der Waals surface area (Å²) < 4.78 is 0. The topological polar surface area (TPSA) is 12.0 Å². The molecule has 1 unspecified atom stereocenters. The Labute approximate surface area is 104 Å². The lowest BCUT2D eigenvalue weighted by Crippen LogP contribution is -2.31. The lowest BCUT2D eigenvalue weighted by molar-refractivity contribution is 0.236. The highest BCUT2D eigenvalue weighted by Gasteiger charge is 2.24. The Balaban J connectivity index is 2.67. The van der Waals surface area contributed by atoms with E-state index in [1.54, 1.807) is 0 Å². The highest BCUT2D eigenvalue weighted by atomic mass is 32.1. The predicted octanol–water partition coefficient (Wildman–Crippen LogP) is 3.73. The van der Waals surface area contributed by atoms with Crippen molar-refractivity contribution in [3.63, 3.8) is 0 Å². The molecule has 0 aromatic carbocycles. The largest absolute Gasteiger partial charge is 0.319 e. The second-order valence-electron chi connectivity index (χ2n) is 5.55. The van der Waals surface area contributed by atoms with Crippen LogP contribution >= 0.6 is 11.3 Å². The SMILES string of the molecule is CCc1ccc(CC(CNC)C(C)(C)C)s1. The van der Waals surface area contributed by atoms with Gasteiger partial charge in [-0.25, -0.2) is 0 Å². The van der Waals surface area contributed by atoms with Gasteiger partial charge < -0.3 is 5.32 Å². The average Bonchev–Trinajstić information content (AvgIpc) is 2.63. The quantitative estimate of drug-likeness (QED) is 0.825. The van der Waals surface area contributed by atoms with Crippen LogP contribution in [0.3, 0.4) is 0 Å². The van der Waals surface area contributed by atoms with Crippen molar-refractivity contribution in [1.29, 1.82) is 0 Å². The minimum Gasteiger partial charge on any atom is -0.319 e. The van der Waals surface area contributed by atoms with Crippen LogP contribution in [0.4, 0.5) is 0 Å². The van der Waals surface area contributed by atoms with Gasteiger partial charge in [0, 0.05) is 9.75 Å². The molecule has 16 heavy (non-hydrogen) atoms. The van der Waals surface area contributed by atoms with E-state index in [1.165, 1.54) is 16.2 Å². The van der Waals surface area contributed by atoms with Crippen LogP contribution in [0.2, 0.25) is 0 Å². The van der Waals surface area contributed by atoms with Crippen LogP contribution in [0.25, 0.3) is 0 Å². The Morgan fingerprint density at radius 3 is 2.31 bits per heavy atom. The molecule has 1 aromatic heterocycles. The van der Waals surface area contributed by atoms with Gasteiger partial charge in [-0.2, -0.15) is 0 Å². The average molecular weight is 239 g/mol. The fourth-order valence-corrected chi connectivity index (χ4v) is 2.93. The van der Waals surface area contributed by atoms with Gasteiger partial charge in [-0.3, -0.25) is 0 Å². The van der Waals surface area contributed by atoms with Gasteiger partial charge in [-0.05, 0) is 49.9 Å². The van der Waals surface area contributed by atoms with Crippen LogP contribution < -0.4 is 5.32 Å². The van der Waals surface area contributed by atoms with Crippen molar-refractivity contribution in [1.82, 2.24) is 5.32 Å². The first-order valence-corrected chi connectivity index (χ1v) is 7.01. The van der Waals surface area contributed by atoms with E-state index in [0.717, 1.165) is 13.0 Å². The molecule has 0 radical (unpaired) electrons. The first-order valence-electron chi connectivity index (χ1n) is 6.19. The number of hydrogen-bond acceptors (Lipinski definition) is 2. The molecule has 0 bridgehead atoms. The summed E-state index contributed by atoms with van der Waals surface area (Å²) in [4.78, 5) is 3.04. The van der Waals surface area contributed by atoms with Crippen molar-refractivity contribution in [2.75, 3.05) is 13.6 Å². The van der Waals surface area contributed by atoms with Crippen LogP contribution in [-0.2, 0) is 12.8 Å². The normalized spacial score (nSPS) is 14.1. The molecule has 0 saturated carbocycles. The van der Waals surface area contributed by atoms with E-state index in [-0.39, 0.29) is 0 Å². The number of hydrogen-bond donors (Lipinski definition) is 1. The zero-order valence-electron chi connectivity index (χ0n) is 11.3. The molecule has 1 nitrogen and oxygen atoms in total. The minimum absolute atomic E-state index is 0.374. The molecule has 92 valence electrons. The van der Waals surface area contributed by atoms with E-state index in [0.29, 0.717) is 11.3 Å². The van der Waals surface area contributed by atoms with Crippen molar-refractivity contribution in [3.8, 4) is 0 Å². The first kappa shape index (κ1) is 13.7. The Bertz CT molecular complexity index is 309. The number of rotatable bonds is 5. The van der Waals surface area contributed by atoms with Crippen LogP contribution in [-0.4, -0.2) is 13.6 Å². The molecular weight excluding hydrogens is 214 g/mol. The lowest BCUT2D eigenvalue weighted by atomic mass is 9.78. The van der Waals surface area contributed by atoms with Gasteiger partial charge in [-0.1, -0.05) is 27.7 Å². The summed E-state index contributed by atoms with van der Waals surface area (Å²) in [6, 6.07) is 4.58. The molecule has 1 N–H and O–H groups in total. The summed E-state index contributed by atoms with van der Waals surface area (Å²) in [5.41, 5.74) is 0.374. The van der Waals surface area contributed by atoms with Gasteiger partial charge in [0.15, 0.2) is 0 Å². The van der Waals surface area contributed by atoms with E-state index in [4.69, 9.17) is 0 Å². The molecule has 0 aliphatic rings. The molecule has 0 saturated heterocycles. The van der Waals surface area contributed by atoms with E-state index in [1.807, 2.05) is 18.4 Å². The number of nitrogens with one attached hydrogen (secondary N) is 1. The number of aryl methyl sites for hydroxylation is 1. The standard InChI is InChI=1S/C14H25NS/c1-6-12-7-8-13(16-12)9-11(10-15-5)14(2,3)4/h7-8,11,15H,6,9-10H2,1-5H3. The Kier molecular flexibility index (Phi) is 5.00. The van der Waals surface area contributed by atoms with Crippen molar-refractivity contribution < 1.29 is 0 Å². The third-order valence-electron chi connectivity index (χ3n) is 3.19. The Hall–Kier alpha value is -0.340.